The van der Waals surface area contributed by atoms with Gasteiger partial charge in [0.15, 0.2) is 0 Å². The molecule has 0 spiro atoms. The molecule has 1 aromatic rings. The average molecular weight is 341 g/mol. The number of benzene rings is 1. The quantitative estimate of drug-likeness (QED) is 0.835. The largest absolute Gasteiger partial charge is 0.282 e. The summed E-state index contributed by atoms with van der Waals surface area (Å²) in [7, 11) is -3.32. The number of sulfonamides is 1. The van der Waals surface area contributed by atoms with Crippen LogP contribution in [0.4, 0.5) is 5.69 Å². The standard InChI is InChI=1S/C11H15BrClNO2S/c1-8-6-9(2)11(10(12)7-8)14-17(15,16)5-3-4-13/h6-7,14H,3-5H2,1-2H3. The second-order valence-electron chi connectivity index (χ2n) is 3.90. The van der Waals surface area contributed by atoms with Crippen LogP contribution in [0.15, 0.2) is 16.6 Å². The maximum Gasteiger partial charge on any atom is 0.232 e. The summed E-state index contributed by atoms with van der Waals surface area (Å²) in [6.07, 6.45) is 0.444. The van der Waals surface area contributed by atoms with Crippen LogP contribution in [0.3, 0.4) is 0 Å². The van der Waals surface area contributed by atoms with E-state index in [0.717, 1.165) is 15.6 Å². The van der Waals surface area contributed by atoms with Crippen LogP contribution in [0.25, 0.3) is 0 Å². The summed E-state index contributed by atoms with van der Waals surface area (Å²) in [5, 5.41) is 0. The number of nitrogens with one attached hydrogen (secondary N) is 1. The highest BCUT2D eigenvalue weighted by Gasteiger charge is 2.13. The summed E-state index contributed by atoms with van der Waals surface area (Å²) in [5.74, 6) is 0.380. The predicted molar refractivity (Wildman–Crippen MR) is 76.4 cm³/mol. The Morgan fingerprint density at radius 3 is 2.53 bits per heavy atom. The van der Waals surface area contributed by atoms with Crippen molar-refractivity contribution in [2.45, 2.75) is 20.3 Å². The Hall–Kier alpha value is -0.260. The number of aryl methyl sites for hydroxylation is 2. The summed E-state index contributed by atoms with van der Waals surface area (Å²) in [5.41, 5.74) is 2.58. The van der Waals surface area contributed by atoms with E-state index < -0.39 is 10.0 Å². The van der Waals surface area contributed by atoms with Crippen molar-refractivity contribution in [2.75, 3.05) is 16.4 Å². The van der Waals surface area contributed by atoms with Gasteiger partial charge in [0.25, 0.3) is 0 Å². The molecule has 0 fully saturated rings. The second-order valence-corrected chi connectivity index (χ2v) is 6.98. The van der Waals surface area contributed by atoms with E-state index in [9.17, 15) is 8.42 Å². The highest BCUT2D eigenvalue weighted by Crippen LogP contribution is 2.28. The summed E-state index contributed by atoms with van der Waals surface area (Å²) in [4.78, 5) is 0. The molecule has 96 valence electrons. The Morgan fingerprint density at radius 2 is 2.00 bits per heavy atom. The minimum absolute atomic E-state index is 0.0380. The Labute approximate surface area is 116 Å². The molecule has 0 aliphatic rings. The molecule has 0 saturated carbocycles. The van der Waals surface area contributed by atoms with Crippen molar-refractivity contribution in [1.82, 2.24) is 0 Å². The highest BCUT2D eigenvalue weighted by molar-refractivity contribution is 9.10. The van der Waals surface area contributed by atoms with Crippen molar-refractivity contribution in [2.24, 2.45) is 0 Å². The Kier molecular flexibility index (Phi) is 5.28. The average Bonchev–Trinajstić information content (AvgIpc) is 2.21. The molecule has 0 atom stereocenters. The molecule has 0 unspecified atom stereocenters. The van der Waals surface area contributed by atoms with E-state index >= 15 is 0 Å². The van der Waals surface area contributed by atoms with Gasteiger partial charge in [-0.25, -0.2) is 8.42 Å². The third-order valence-corrected chi connectivity index (χ3v) is 4.47. The van der Waals surface area contributed by atoms with E-state index in [4.69, 9.17) is 11.6 Å². The number of rotatable bonds is 5. The molecule has 17 heavy (non-hydrogen) atoms. The molecule has 0 amide bonds. The van der Waals surface area contributed by atoms with Gasteiger partial charge in [-0.1, -0.05) is 6.07 Å². The third-order valence-electron chi connectivity index (χ3n) is 2.24. The first-order valence-electron chi connectivity index (χ1n) is 5.19. The monoisotopic (exact) mass is 339 g/mol. The summed E-state index contributed by atoms with van der Waals surface area (Å²) in [6, 6.07) is 3.82. The molecule has 3 nitrogen and oxygen atoms in total. The van der Waals surface area contributed by atoms with Crippen molar-refractivity contribution in [3.63, 3.8) is 0 Å². The minimum atomic E-state index is -3.32. The van der Waals surface area contributed by atoms with Gasteiger partial charge in [0, 0.05) is 10.4 Å². The van der Waals surface area contributed by atoms with Crippen LogP contribution in [0, 0.1) is 13.8 Å². The van der Waals surface area contributed by atoms with Gasteiger partial charge in [-0.15, -0.1) is 11.6 Å². The van der Waals surface area contributed by atoms with Gasteiger partial charge in [0.05, 0.1) is 11.4 Å². The molecule has 1 N–H and O–H groups in total. The molecule has 0 radical (unpaired) electrons. The molecule has 0 aliphatic heterocycles. The number of halogens is 2. The molecule has 1 rings (SSSR count). The fourth-order valence-electron chi connectivity index (χ4n) is 1.50. The van der Waals surface area contributed by atoms with Crippen LogP contribution >= 0.6 is 27.5 Å². The molecule has 1 aromatic carbocycles. The lowest BCUT2D eigenvalue weighted by atomic mass is 10.1. The second kappa shape index (κ2) is 6.07. The summed E-state index contributed by atoms with van der Waals surface area (Å²) >= 11 is 8.86. The number of alkyl halides is 1. The maximum atomic E-state index is 11.8. The van der Waals surface area contributed by atoms with Crippen molar-refractivity contribution < 1.29 is 8.42 Å². The first-order valence-corrected chi connectivity index (χ1v) is 8.17. The molecule has 0 bridgehead atoms. The lowest BCUT2D eigenvalue weighted by Crippen LogP contribution is -2.18. The van der Waals surface area contributed by atoms with E-state index in [1.807, 2.05) is 26.0 Å². The van der Waals surface area contributed by atoms with Crippen LogP contribution in [0.5, 0.6) is 0 Å². The first-order chi connectivity index (χ1) is 7.85. The van der Waals surface area contributed by atoms with Gasteiger partial charge in [0.1, 0.15) is 0 Å². The molecule has 0 aromatic heterocycles. The summed E-state index contributed by atoms with van der Waals surface area (Å²) in [6.45, 7) is 3.83. The predicted octanol–water partition coefficient (Wildman–Crippen LogP) is 3.44. The molecule has 6 heteroatoms. The number of hydrogen-bond acceptors (Lipinski definition) is 2. The highest BCUT2D eigenvalue weighted by atomic mass is 79.9. The van der Waals surface area contributed by atoms with Crippen molar-refractivity contribution in [3.05, 3.63) is 27.7 Å². The zero-order valence-corrected chi connectivity index (χ0v) is 12.9. The first kappa shape index (κ1) is 14.8. The normalized spacial score (nSPS) is 11.5. The van der Waals surface area contributed by atoms with Gasteiger partial charge in [-0.2, -0.15) is 0 Å². The summed E-state index contributed by atoms with van der Waals surface area (Å²) < 4.78 is 26.9. The third kappa shape index (κ3) is 4.48. The molecule has 0 aliphatic carbocycles. The topological polar surface area (TPSA) is 46.2 Å². The Balaban J connectivity index is 2.96. The van der Waals surface area contributed by atoms with E-state index in [1.54, 1.807) is 0 Å². The number of anilines is 1. The van der Waals surface area contributed by atoms with Crippen LogP contribution in [0.2, 0.25) is 0 Å². The minimum Gasteiger partial charge on any atom is -0.282 e. The van der Waals surface area contributed by atoms with Crippen LogP contribution < -0.4 is 4.72 Å². The SMILES string of the molecule is Cc1cc(C)c(NS(=O)(=O)CCCCl)c(Br)c1. The molecule has 0 saturated heterocycles. The van der Waals surface area contributed by atoms with Crippen molar-refractivity contribution >= 4 is 43.2 Å². The van der Waals surface area contributed by atoms with Gasteiger partial charge in [-0.3, -0.25) is 4.72 Å². The molecular weight excluding hydrogens is 326 g/mol. The van der Waals surface area contributed by atoms with Crippen molar-refractivity contribution in [3.8, 4) is 0 Å². The maximum absolute atomic E-state index is 11.8. The van der Waals surface area contributed by atoms with E-state index in [2.05, 4.69) is 20.7 Å². The van der Waals surface area contributed by atoms with Gasteiger partial charge in [0.2, 0.25) is 10.0 Å². The lowest BCUT2D eigenvalue weighted by molar-refractivity contribution is 0.600. The smallest absolute Gasteiger partial charge is 0.232 e. The number of hydrogen-bond donors (Lipinski definition) is 1. The van der Waals surface area contributed by atoms with E-state index in [-0.39, 0.29) is 5.75 Å². The van der Waals surface area contributed by atoms with Gasteiger partial charge >= 0.3 is 0 Å². The molecular formula is C11H15BrClNO2S. The van der Waals surface area contributed by atoms with E-state index in [1.165, 1.54) is 0 Å². The fraction of sp³-hybridized carbons (Fsp3) is 0.455. The van der Waals surface area contributed by atoms with E-state index in [0.29, 0.717) is 18.0 Å². The zero-order chi connectivity index (χ0) is 13.1. The van der Waals surface area contributed by atoms with Crippen LogP contribution in [-0.4, -0.2) is 20.1 Å². The van der Waals surface area contributed by atoms with Gasteiger partial charge < -0.3 is 0 Å². The van der Waals surface area contributed by atoms with Crippen LogP contribution in [-0.2, 0) is 10.0 Å². The van der Waals surface area contributed by atoms with Crippen molar-refractivity contribution in [1.29, 1.82) is 0 Å². The zero-order valence-electron chi connectivity index (χ0n) is 9.76. The Morgan fingerprint density at radius 1 is 1.35 bits per heavy atom. The lowest BCUT2D eigenvalue weighted by Gasteiger charge is -2.13. The van der Waals surface area contributed by atoms with Crippen LogP contribution in [0.1, 0.15) is 17.5 Å². The Bertz CT molecular complexity index is 479. The molecule has 0 heterocycles. The fourth-order valence-corrected chi connectivity index (χ4v) is 3.90. The van der Waals surface area contributed by atoms with Gasteiger partial charge in [-0.05, 0) is 53.4 Å².